The van der Waals surface area contributed by atoms with Gasteiger partial charge in [0.15, 0.2) is 0 Å². The summed E-state index contributed by atoms with van der Waals surface area (Å²) in [7, 11) is 0. The Balaban J connectivity index is 1.10. The Hall–Kier alpha value is -8.00. The van der Waals surface area contributed by atoms with Gasteiger partial charge in [-0.15, -0.1) is 0 Å². The van der Waals surface area contributed by atoms with E-state index in [1.165, 1.54) is 82.4 Å². The topological polar surface area (TPSA) is 3.24 Å². The maximum atomic E-state index is 2.42. The van der Waals surface area contributed by atoms with E-state index in [1.807, 2.05) is 0 Å². The summed E-state index contributed by atoms with van der Waals surface area (Å²) < 4.78 is 0. The first-order chi connectivity index (χ1) is 30.2. The zero-order chi connectivity index (χ0) is 40.5. The summed E-state index contributed by atoms with van der Waals surface area (Å²) in [6.07, 6.45) is 0. The lowest BCUT2D eigenvalue weighted by Crippen LogP contribution is -2.10. The lowest BCUT2D eigenvalue weighted by atomic mass is 9.89. The van der Waals surface area contributed by atoms with Crippen LogP contribution in [0.25, 0.3) is 88.0 Å². The van der Waals surface area contributed by atoms with Gasteiger partial charge in [0.05, 0.1) is 0 Å². The van der Waals surface area contributed by atoms with Crippen LogP contribution < -0.4 is 4.90 Å². The summed E-state index contributed by atoms with van der Waals surface area (Å²) in [5, 5.41) is 7.57. The number of hydrogen-bond donors (Lipinski definition) is 0. The van der Waals surface area contributed by atoms with E-state index in [0.717, 1.165) is 22.6 Å². The van der Waals surface area contributed by atoms with E-state index in [0.29, 0.717) is 0 Å². The minimum atomic E-state index is 1.08. The van der Waals surface area contributed by atoms with Gasteiger partial charge in [0.2, 0.25) is 0 Å². The second-order valence-corrected chi connectivity index (χ2v) is 15.7. The lowest BCUT2D eigenvalue weighted by Gasteiger charge is -2.28. The quantitative estimate of drug-likeness (QED) is 0.139. The van der Waals surface area contributed by atoms with Gasteiger partial charge in [-0.25, -0.2) is 0 Å². The van der Waals surface area contributed by atoms with Crippen molar-refractivity contribution in [1.82, 2.24) is 0 Å². The Morgan fingerprint density at radius 1 is 0.213 bits per heavy atom. The van der Waals surface area contributed by atoms with Crippen molar-refractivity contribution in [3.63, 3.8) is 0 Å². The van der Waals surface area contributed by atoms with Crippen LogP contribution in [0.2, 0.25) is 0 Å². The molecule has 286 valence electrons. The van der Waals surface area contributed by atoms with Crippen molar-refractivity contribution in [2.45, 2.75) is 0 Å². The van der Waals surface area contributed by atoms with Crippen LogP contribution in [0.5, 0.6) is 0 Å². The largest absolute Gasteiger partial charge is 0.310 e. The van der Waals surface area contributed by atoms with E-state index < -0.39 is 0 Å². The fourth-order valence-electron chi connectivity index (χ4n) is 9.00. The molecule has 0 N–H and O–H groups in total. The van der Waals surface area contributed by atoms with Gasteiger partial charge in [0.1, 0.15) is 0 Å². The Kier molecular flexibility index (Phi) is 9.26. The van der Waals surface area contributed by atoms with Crippen LogP contribution >= 0.6 is 0 Å². The van der Waals surface area contributed by atoms with Crippen molar-refractivity contribution >= 4 is 49.4 Å². The molecule has 0 saturated heterocycles. The number of rotatable bonds is 8. The second-order valence-electron chi connectivity index (χ2n) is 15.7. The van der Waals surface area contributed by atoms with Crippen LogP contribution in [0.4, 0.5) is 17.1 Å². The zero-order valence-corrected chi connectivity index (χ0v) is 33.6. The Morgan fingerprint density at radius 2 is 0.672 bits per heavy atom. The molecule has 0 unspecified atom stereocenters. The van der Waals surface area contributed by atoms with Crippen LogP contribution in [0.15, 0.2) is 249 Å². The third kappa shape index (κ3) is 6.93. The first-order valence-corrected chi connectivity index (χ1v) is 21.0. The summed E-state index contributed by atoms with van der Waals surface area (Å²) in [5.74, 6) is 0. The number of benzene rings is 11. The van der Waals surface area contributed by atoms with Crippen molar-refractivity contribution in [2.75, 3.05) is 4.90 Å². The fraction of sp³-hybridized carbons (Fsp3) is 0. The van der Waals surface area contributed by atoms with E-state index >= 15 is 0 Å². The maximum absolute atomic E-state index is 2.42. The molecule has 0 saturated carbocycles. The standard InChI is InChI=1S/C60H41N/c1-4-15-42(16-5-1)45-27-29-46(30-28-45)47-33-35-53(36-34-47)61(54-23-14-22-49(38-54)43-17-6-2-7-18-43)55-39-51(44-19-8-3-9-20-44)37-52(40-55)59-41-50-32-31-48-21-10-11-24-56(48)60(50)58-26-13-12-25-57(58)59/h1-41H. The van der Waals surface area contributed by atoms with Crippen LogP contribution in [0, 0.1) is 0 Å². The molecule has 0 bridgehead atoms. The third-order valence-corrected chi connectivity index (χ3v) is 12.0. The summed E-state index contributed by atoms with van der Waals surface area (Å²) in [6.45, 7) is 0. The number of hydrogen-bond acceptors (Lipinski definition) is 1. The van der Waals surface area contributed by atoms with Crippen molar-refractivity contribution in [2.24, 2.45) is 0 Å². The summed E-state index contributed by atoms with van der Waals surface area (Å²) in [6, 6.07) is 90.5. The molecule has 11 aromatic rings. The molecule has 11 aromatic carbocycles. The smallest absolute Gasteiger partial charge is 0.0473 e. The highest BCUT2D eigenvalue weighted by molar-refractivity contribution is 6.23. The molecule has 1 nitrogen and oxygen atoms in total. The normalized spacial score (nSPS) is 11.3. The molecule has 61 heavy (non-hydrogen) atoms. The first-order valence-electron chi connectivity index (χ1n) is 21.0. The highest BCUT2D eigenvalue weighted by atomic mass is 15.1. The van der Waals surface area contributed by atoms with E-state index in [1.54, 1.807) is 0 Å². The highest BCUT2D eigenvalue weighted by Crippen LogP contribution is 2.44. The molecule has 0 heterocycles. The summed E-state index contributed by atoms with van der Waals surface area (Å²) in [5.41, 5.74) is 15.1. The van der Waals surface area contributed by atoms with Crippen LogP contribution in [0.1, 0.15) is 0 Å². The number of nitrogens with zero attached hydrogens (tertiary/aromatic N) is 1. The lowest BCUT2D eigenvalue weighted by molar-refractivity contribution is 1.28. The molecule has 1 heteroatoms. The molecule has 0 spiro atoms. The van der Waals surface area contributed by atoms with Crippen molar-refractivity contribution in [3.05, 3.63) is 249 Å². The molecule has 0 radical (unpaired) electrons. The predicted octanol–water partition coefficient (Wildman–Crippen LogP) is 17.0. The van der Waals surface area contributed by atoms with Gasteiger partial charge in [-0.3, -0.25) is 0 Å². The van der Waals surface area contributed by atoms with Crippen LogP contribution in [-0.2, 0) is 0 Å². The molecule has 0 aromatic heterocycles. The monoisotopic (exact) mass is 775 g/mol. The van der Waals surface area contributed by atoms with Crippen LogP contribution in [-0.4, -0.2) is 0 Å². The average molecular weight is 776 g/mol. The Bertz CT molecular complexity index is 3320. The van der Waals surface area contributed by atoms with Gasteiger partial charge >= 0.3 is 0 Å². The number of fused-ring (bicyclic) bond motifs is 5. The van der Waals surface area contributed by atoms with Gasteiger partial charge in [0, 0.05) is 17.1 Å². The predicted molar refractivity (Wildman–Crippen MR) is 261 cm³/mol. The Morgan fingerprint density at radius 3 is 1.33 bits per heavy atom. The maximum Gasteiger partial charge on any atom is 0.0473 e. The second kappa shape index (κ2) is 15.6. The van der Waals surface area contributed by atoms with Crippen molar-refractivity contribution in [1.29, 1.82) is 0 Å². The van der Waals surface area contributed by atoms with Gasteiger partial charge in [-0.05, 0) is 136 Å². The van der Waals surface area contributed by atoms with E-state index in [4.69, 9.17) is 0 Å². The van der Waals surface area contributed by atoms with Crippen LogP contribution in [0.3, 0.4) is 0 Å². The van der Waals surface area contributed by atoms with Gasteiger partial charge in [-0.2, -0.15) is 0 Å². The molecule has 0 fully saturated rings. The van der Waals surface area contributed by atoms with Crippen molar-refractivity contribution < 1.29 is 0 Å². The third-order valence-electron chi connectivity index (χ3n) is 12.0. The molecule has 0 aliphatic heterocycles. The zero-order valence-electron chi connectivity index (χ0n) is 33.6. The number of anilines is 3. The minimum absolute atomic E-state index is 1.08. The SMILES string of the molecule is c1ccc(-c2ccc(-c3ccc(N(c4cccc(-c5ccccc5)c4)c4cc(-c5ccccc5)cc(-c5cc6ccc7ccccc7c6c6ccccc56)c4)cc3)cc2)cc1. The molecule has 0 amide bonds. The molecular formula is C60H41N. The summed E-state index contributed by atoms with van der Waals surface area (Å²) >= 11 is 0. The summed E-state index contributed by atoms with van der Waals surface area (Å²) in [4.78, 5) is 2.42. The Labute approximate surface area is 357 Å². The molecule has 11 rings (SSSR count). The first kappa shape index (κ1) is 36.1. The van der Waals surface area contributed by atoms with E-state index in [2.05, 4.69) is 254 Å². The molecule has 0 atom stereocenters. The average Bonchev–Trinajstić information content (AvgIpc) is 3.35. The van der Waals surface area contributed by atoms with E-state index in [-0.39, 0.29) is 0 Å². The minimum Gasteiger partial charge on any atom is -0.310 e. The molecule has 0 aliphatic carbocycles. The fourth-order valence-corrected chi connectivity index (χ4v) is 9.00. The van der Waals surface area contributed by atoms with Gasteiger partial charge < -0.3 is 4.90 Å². The molecule has 0 aliphatic rings. The van der Waals surface area contributed by atoms with Crippen molar-refractivity contribution in [3.8, 4) is 55.6 Å². The van der Waals surface area contributed by atoms with Gasteiger partial charge in [0.25, 0.3) is 0 Å². The van der Waals surface area contributed by atoms with Gasteiger partial charge in [-0.1, -0.05) is 200 Å². The highest BCUT2D eigenvalue weighted by Gasteiger charge is 2.19. The molecular weight excluding hydrogens is 735 g/mol. The van der Waals surface area contributed by atoms with E-state index in [9.17, 15) is 0 Å².